The largest absolute Gasteiger partial charge is 0.466 e. The quantitative estimate of drug-likeness (QED) is 0.683. The number of carbonyl (C=O) groups is 1. The second kappa shape index (κ2) is 6.01. The van der Waals surface area contributed by atoms with Crippen LogP contribution in [0.5, 0.6) is 0 Å². The number of anilines is 2. The van der Waals surface area contributed by atoms with E-state index >= 15 is 0 Å². The van der Waals surface area contributed by atoms with E-state index in [0.29, 0.717) is 12.6 Å². The predicted molar refractivity (Wildman–Crippen MR) is 115 cm³/mol. The number of benzene rings is 1. The van der Waals surface area contributed by atoms with Crippen LogP contribution >= 0.6 is 0 Å². The van der Waals surface area contributed by atoms with Gasteiger partial charge in [-0.05, 0) is 82.1 Å². The van der Waals surface area contributed by atoms with Gasteiger partial charge in [0.1, 0.15) is 17.7 Å². The summed E-state index contributed by atoms with van der Waals surface area (Å²) in [6.07, 6.45) is 5.36. The van der Waals surface area contributed by atoms with Crippen molar-refractivity contribution in [2.24, 2.45) is 11.8 Å². The number of carbonyl (C=O) groups excluding carboxylic acids is 1. The maximum atomic E-state index is 13.3. The Morgan fingerprint density at radius 3 is 2.31 bits per heavy atom. The van der Waals surface area contributed by atoms with Crippen molar-refractivity contribution in [1.29, 1.82) is 0 Å². The van der Waals surface area contributed by atoms with Gasteiger partial charge in [0.05, 0.1) is 17.9 Å². The number of hydrogen-bond donors (Lipinski definition) is 0. The van der Waals surface area contributed by atoms with E-state index in [1.807, 2.05) is 13.8 Å². The first-order valence-corrected chi connectivity index (χ1v) is 11.0. The second-order valence-corrected chi connectivity index (χ2v) is 9.35. The Kier molecular flexibility index (Phi) is 3.60. The molecule has 6 rings (SSSR count). The lowest BCUT2D eigenvalue weighted by atomic mass is 9.96. The first kappa shape index (κ1) is 17.4. The Morgan fingerprint density at radius 2 is 1.72 bits per heavy atom. The van der Waals surface area contributed by atoms with Gasteiger partial charge in [-0.2, -0.15) is 0 Å². The molecule has 1 atom stereocenters. The van der Waals surface area contributed by atoms with E-state index in [0.717, 1.165) is 40.1 Å². The Hall–Kier alpha value is -2.49. The molecule has 0 spiro atoms. The third kappa shape index (κ3) is 2.54. The molecule has 1 aromatic carbocycles. The van der Waals surface area contributed by atoms with Crippen LogP contribution in [0, 0.1) is 25.7 Å². The van der Waals surface area contributed by atoms with Gasteiger partial charge in [-0.3, -0.25) is 4.79 Å². The molecule has 4 heteroatoms. The molecule has 3 heterocycles. The molecule has 4 nitrogen and oxygen atoms in total. The Bertz CT molecular complexity index is 1030. The maximum absolute atomic E-state index is 13.3. The molecule has 0 bridgehead atoms. The minimum atomic E-state index is 0.0284. The number of allylic oxidation sites excluding steroid dienone is 1. The van der Waals surface area contributed by atoms with Crippen molar-refractivity contribution in [3.05, 3.63) is 53.0 Å². The van der Waals surface area contributed by atoms with Crippen LogP contribution in [0.4, 0.5) is 11.4 Å². The van der Waals surface area contributed by atoms with Crippen molar-refractivity contribution >= 4 is 22.7 Å². The molecule has 2 saturated carbocycles. The van der Waals surface area contributed by atoms with Crippen LogP contribution in [0.25, 0.3) is 5.57 Å². The molecule has 2 aromatic rings. The number of hydrogen-bond acceptors (Lipinski definition) is 4. The van der Waals surface area contributed by atoms with Crippen LogP contribution in [0.3, 0.4) is 0 Å². The summed E-state index contributed by atoms with van der Waals surface area (Å²) in [5.74, 6) is 3.63. The molecule has 150 valence electrons. The lowest BCUT2D eigenvalue weighted by Crippen LogP contribution is -2.48. The molecule has 2 aliphatic heterocycles. The van der Waals surface area contributed by atoms with Crippen LogP contribution < -0.4 is 9.80 Å². The number of furan rings is 1. The first-order chi connectivity index (χ1) is 14.0. The van der Waals surface area contributed by atoms with E-state index < -0.39 is 0 Å². The van der Waals surface area contributed by atoms with Gasteiger partial charge in [-0.25, -0.2) is 0 Å². The molecule has 0 amide bonds. The molecule has 4 aliphatic rings. The van der Waals surface area contributed by atoms with Crippen molar-refractivity contribution in [2.45, 2.75) is 58.7 Å². The number of aryl methyl sites for hydroxylation is 2. The highest BCUT2D eigenvalue weighted by molar-refractivity contribution is 6.12. The number of para-hydroxylation sites is 2. The molecule has 29 heavy (non-hydrogen) atoms. The summed E-state index contributed by atoms with van der Waals surface area (Å²) >= 11 is 0. The highest BCUT2D eigenvalue weighted by Crippen LogP contribution is 2.55. The van der Waals surface area contributed by atoms with E-state index in [9.17, 15) is 4.79 Å². The van der Waals surface area contributed by atoms with Crippen LogP contribution in [-0.2, 0) is 4.79 Å². The van der Waals surface area contributed by atoms with Crippen LogP contribution in [0.2, 0.25) is 0 Å². The molecule has 1 aromatic heterocycles. The minimum absolute atomic E-state index is 0.0284. The summed E-state index contributed by atoms with van der Waals surface area (Å²) in [5, 5.41) is 0. The topological polar surface area (TPSA) is 36.7 Å². The molecule has 1 unspecified atom stereocenters. The number of ketones is 1. The highest BCUT2D eigenvalue weighted by atomic mass is 16.3. The third-order valence-electron chi connectivity index (χ3n) is 7.28. The van der Waals surface area contributed by atoms with Crippen molar-refractivity contribution < 1.29 is 9.21 Å². The Labute approximate surface area is 172 Å². The summed E-state index contributed by atoms with van der Waals surface area (Å²) in [4.78, 5) is 18.3. The van der Waals surface area contributed by atoms with Gasteiger partial charge in [0.25, 0.3) is 0 Å². The second-order valence-electron chi connectivity index (χ2n) is 9.35. The van der Waals surface area contributed by atoms with Gasteiger partial charge in [-0.15, -0.1) is 0 Å². The van der Waals surface area contributed by atoms with E-state index in [-0.39, 0.29) is 11.9 Å². The number of Topliss-reactive ketones (excluding diaryl/α,β-unsaturated/α-hetero) is 1. The molecular weight excluding hydrogens is 360 g/mol. The van der Waals surface area contributed by atoms with Gasteiger partial charge in [0, 0.05) is 17.2 Å². The molecule has 0 radical (unpaired) electrons. The fourth-order valence-corrected chi connectivity index (χ4v) is 5.78. The molecule has 2 aliphatic carbocycles. The Morgan fingerprint density at radius 1 is 1.07 bits per heavy atom. The zero-order valence-corrected chi connectivity index (χ0v) is 17.4. The van der Waals surface area contributed by atoms with Gasteiger partial charge in [-0.1, -0.05) is 12.1 Å². The van der Waals surface area contributed by atoms with E-state index in [1.54, 1.807) is 0 Å². The van der Waals surface area contributed by atoms with E-state index in [1.165, 1.54) is 37.1 Å². The summed E-state index contributed by atoms with van der Waals surface area (Å²) in [7, 11) is 0. The van der Waals surface area contributed by atoms with Crippen LogP contribution in [0.1, 0.15) is 49.7 Å². The number of fused-ring (bicyclic) bond motifs is 3. The average Bonchev–Trinajstić information content (AvgIpc) is 3.61. The maximum Gasteiger partial charge on any atom is 0.182 e. The van der Waals surface area contributed by atoms with Crippen LogP contribution in [-0.4, -0.2) is 24.5 Å². The first-order valence-electron chi connectivity index (χ1n) is 11.0. The minimum Gasteiger partial charge on any atom is -0.466 e. The molecular formula is C25H28N2O2. The SMILES string of the molecule is C/C(=C1\C(=O)CN2c3ccccc3N(C(C3CC3)C3CC3)C12)c1cc(C)oc1C. The number of rotatable bonds is 4. The van der Waals surface area contributed by atoms with E-state index in [4.69, 9.17) is 4.42 Å². The zero-order valence-electron chi connectivity index (χ0n) is 17.4. The van der Waals surface area contributed by atoms with Crippen molar-refractivity contribution in [2.75, 3.05) is 16.3 Å². The smallest absolute Gasteiger partial charge is 0.182 e. The highest BCUT2D eigenvalue weighted by Gasteiger charge is 2.54. The lowest BCUT2D eigenvalue weighted by molar-refractivity contribution is -0.113. The van der Waals surface area contributed by atoms with Crippen molar-refractivity contribution in [1.82, 2.24) is 0 Å². The fraction of sp³-hybridized carbons (Fsp3) is 0.480. The van der Waals surface area contributed by atoms with Crippen LogP contribution in [0.15, 0.2) is 40.3 Å². The van der Waals surface area contributed by atoms with Gasteiger partial charge in [0.2, 0.25) is 0 Å². The Balaban J connectivity index is 1.53. The summed E-state index contributed by atoms with van der Waals surface area (Å²) in [6.45, 7) is 6.56. The average molecular weight is 389 g/mol. The normalized spacial score (nSPS) is 25.1. The van der Waals surface area contributed by atoms with Crippen molar-refractivity contribution in [3.8, 4) is 0 Å². The van der Waals surface area contributed by atoms with Gasteiger partial charge in [0.15, 0.2) is 5.78 Å². The lowest BCUT2D eigenvalue weighted by Gasteiger charge is -2.36. The molecule has 1 saturated heterocycles. The standard InChI is InChI=1S/C25H28N2O2/c1-14-12-19(16(3)29-14)15(2)23-22(28)13-26-20-6-4-5-7-21(20)27(25(23)26)24(17-8-9-17)18-10-11-18/h4-7,12,17-18,24-25H,8-11,13H2,1-3H3/b23-15-. The molecule has 3 fully saturated rings. The zero-order chi connectivity index (χ0) is 19.9. The summed E-state index contributed by atoms with van der Waals surface area (Å²) < 4.78 is 5.80. The monoisotopic (exact) mass is 388 g/mol. The molecule has 0 N–H and O–H groups in total. The predicted octanol–water partition coefficient (Wildman–Crippen LogP) is 5.09. The van der Waals surface area contributed by atoms with Gasteiger partial charge >= 0.3 is 0 Å². The summed E-state index contributed by atoms with van der Waals surface area (Å²) in [5.41, 5.74) is 5.67. The number of nitrogens with zero attached hydrogens (tertiary/aromatic N) is 2. The van der Waals surface area contributed by atoms with E-state index in [2.05, 4.69) is 47.1 Å². The summed E-state index contributed by atoms with van der Waals surface area (Å²) in [6, 6.07) is 11.3. The third-order valence-corrected chi connectivity index (χ3v) is 7.28. The fourth-order valence-electron chi connectivity index (χ4n) is 5.78. The van der Waals surface area contributed by atoms with Crippen molar-refractivity contribution in [3.63, 3.8) is 0 Å². The van der Waals surface area contributed by atoms with Gasteiger partial charge < -0.3 is 14.2 Å².